The van der Waals surface area contributed by atoms with Crippen molar-refractivity contribution in [1.82, 2.24) is 5.32 Å². The smallest absolute Gasteiger partial charge is 0.387 e. The van der Waals surface area contributed by atoms with E-state index in [-0.39, 0.29) is 22.8 Å². The first-order chi connectivity index (χ1) is 12.7. The quantitative estimate of drug-likeness (QED) is 0.769. The number of halogens is 2. The van der Waals surface area contributed by atoms with Crippen LogP contribution in [0.3, 0.4) is 0 Å². The van der Waals surface area contributed by atoms with Crippen LogP contribution in [0.15, 0.2) is 42.5 Å². The van der Waals surface area contributed by atoms with Gasteiger partial charge in [-0.2, -0.15) is 8.78 Å². The number of nitrogens with one attached hydrogen (secondary N) is 1. The van der Waals surface area contributed by atoms with Crippen molar-refractivity contribution in [3.8, 4) is 11.5 Å². The fourth-order valence-electron chi connectivity index (χ4n) is 2.60. The van der Waals surface area contributed by atoms with Crippen molar-refractivity contribution in [2.75, 3.05) is 13.7 Å². The van der Waals surface area contributed by atoms with Crippen LogP contribution in [0, 0.1) is 0 Å². The van der Waals surface area contributed by atoms with Gasteiger partial charge >= 0.3 is 6.61 Å². The Kier molecular flexibility index (Phi) is 6.77. The molecule has 0 saturated carbocycles. The normalized spacial score (nSPS) is 11.4. The van der Waals surface area contributed by atoms with Crippen LogP contribution >= 0.6 is 0 Å². The number of rotatable bonds is 7. The molecule has 0 aromatic heterocycles. The third-order valence-corrected chi connectivity index (χ3v) is 4.16. The van der Waals surface area contributed by atoms with Gasteiger partial charge in [-0.1, -0.05) is 39.0 Å². The van der Waals surface area contributed by atoms with Crippen molar-refractivity contribution in [3.05, 3.63) is 59.2 Å². The molecule has 0 atom stereocenters. The molecule has 0 unspecified atom stereocenters. The average Bonchev–Trinajstić information content (AvgIpc) is 2.61. The zero-order valence-electron chi connectivity index (χ0n) is 16.0. The summed E-state index contributed by atoms with van der Waals surface area (Å²) >= 11 is 0. The third-order valence-electron chi connectivity index (χ3n) is 4.16. The van der Waals surface area contributed by atoms with E-state index in [4.69, 9.17) is 4.74 Å². The second kappa shape index (κ2) is 8.84. The highest BCUT2D eigenvalue weighted by Crippen LogP contribution is 2.29. The molecule has 0 saturated heterocycles. The summed E-state index contributed by atoms with van der Waals surface area (Å²) in [4.78, 5) is 12.3. The summed E-state index contributed by atoms with van der Waals surface area (Å²) in [5.41, 5.74) is 2.64. The number of amides is 1. The lowest BCUT2D eigenvalue weighted by Crippen LogP contribution is -2.25. The lowest BCUT2D eigenvalue weighted by molar-refractivity contribution is -0.0512. The Morgan fingerprint density at radius 3 is 2.30 bits per heavy atom. The number of ether oxygens (including phenoxy) is 2. The first-order valence-electron chi connectivity index (χ1n) is 8.71. The maximum absolute atomic E-state index is 12.4. The molecule has 0 heterocycles. The molecule has 0 fully saturated rings. The Hall–Kier alpha value is -2.63. The van der Waals surface area contributed by atoms with E-state index in [0.29, 0.717) is 18.5 Å². The molecule has 27 heavy (non-hydrogen) atoms. The highest BCUT2D eigenvalue weighted by Gasteiger charge is 2.14. The van der Waals surface area contributed by atoms with Crippen LogP contribution in [0.25, 0.3) is 0 Å². The summed E-state index contributed by atoms with van der Waals surface area (Å²) in [5.74, 6) is 0.0659. The number of benzene rings is 2. The van der Waals surface area contributed by atoms with E-state index in [0.717, 1.165) is 11.1 Å². The number of hydrogen-bond acceptors (Lipinski definition) is 3. The molecular weight excluding hydrogens is 352 g/mol. The van der Waals surface area contributed by atoms with Crippen molar-refractivity contribution >= 4 is 5.91 Å². The van der Waals surface area contributed by atoms with Gasteiger partial charge in [0.25, 0.3) is 5.91 Å². The van der Waals surface area contributed by atoms with Gasteiger partial charge < -0.3 is 14.8 Å². The van der Waals surface area contributed by atoms with E-state index in [1.54, 1.807) is 12.1 Å². The monoisotopic (exact) mass is 377 g/mol. The number of hydrogen-bond donors (Lipinski definition) is 1. The summed E-state index contributed by atoms with van der Waals surface area (Å²) in [6, 6.07) is 12.3. The van der Waals surface area contributed by atoms with Crippen LogP contribution in [0.2, 0.25) is 0 Å². The van der Waals surface area contributed by atoms with Gasteiger partial charge in [0.05, 0.1) is 7.11 Å². The molecule has 146 valence electrons. The van der Waals surface area contributed by atoms with Gasteiger partial charge in [-0.3, -0.25) is 4.79 Å². The second-order valence-electron chi connectivity index (χ2n) is 7.20. The SMILES string of the molecule is COc1cc(CCNC(=O)c2ccc(C(C)(C)C)cc2)ccc1OC(F)F. The Labute approximate surface area is 158 Å². The third kappa shape index (κ3) is 5.94. The molecule has 4 nitrogen and oxygen atoms in total. The largest absolute Gasteiger partial charge is 0.493 e. The summed E-state index contributed by atoms with van der Waals surface area (Å²) in [7, 11) is 1.39. The van der Waals surface area contributed by atoms with E-state index in [1.807, 2.05) is 24.3 Å². The van der Waals surface area contributed by atoms with Crippen LogP contribution in [0.5, 0.6) is 11.5 Å². The molecule has 2 aromatic carbocycles. The molecule has 1 amide bonds. The predicted molar refractivity (Wildman–Crippen MR) is 101 cm³/mol. The Morgan fingerprint density at radius 1 is 1.07 bits per heavy atom. The average molecular weight is 377 g/mol. The van der Waals surface area contributed by atoms with Gasteiger partial charge in [0.15, 0.2) is 11.5 Å². The summed E-state index contributed by atoms with van der Waals surface area (Å²) in [6.45, 7) is 3.86. The second-order valence-corrected chi connectivity index (χ2v) is 7.20. The van der Waals surface area contributed by atoms with Crippen LogP contribution in [-0.4, -0.2) is 26.2 Å². The molecule has 2 aromatic rings. The van der Waals surface area contributed by atoms with Crippen molar-refractivity contribution in [2.45, 2.75) is 39.2 Å². The number of alkyl halides is 2. The molecule has 0 aliphatic rings. The first kappa shape index (κ1) is 20.7. The van der Waals surface area contributed by atoms with Gasteiger partial charge in [0, 0.05) is 12.1 Å². The van der Waals surface area contributed by atoms with Crippen molar-refractivity contribution in [2.24, 2.45) is 0 Å². The molecule has 0 spiro atoms. The topological polar surface area (TPSA) is 47.6 Å². The number of methoxy groups -OCH3 is 1. The molecular formula is C21H25F2NO3. The fraction of sp³-hybridized carbons (Fsp3) is 0.381. The standard InChI is InChI=1S/C21H25F2NO3/c1-21(2,3)16-8-6-15(7-9-16)19(25)24-12-11-14-5-10-17(27-20(22)23)18(13-14)26-4/h5-10,13,20H,11-12H2,1-4H3,(H,24,25). The highest BCUT2D eigenvalue weighted by atomic mass is 19.3. The van der Waals surface area contributed by atoms with E-state index < -0.39 is 6.61 Å². The molecule has 0 bridgehead atoms. The van der Waals surface area contributed by atoms with Gasteiger partial charge in [-0.15, -0.1) is 0 Å². The maximum atomic E-state index is 12.4. The molecule has 1 N–H and O–H groups in total. The minimum Gasteiger partial charge on any atom is -0.493 e. The van der Waals surface area contributed by atoms with Crippen molar-refractivity contribution in [1.29, 1.82) is 0 Å². The van der Waals surface area contributed by atoms with Crippen LogP contribution in [-0.2, 0) is 11.8 Å². The van der Waals surface area contributed by atoms with Gasteiger partial charge in [0.2, 0.25) is 0 Å². The van der Waals surface area contributed by atoms with Gasteiger partial charge in [-0.25, -0.2) is 0 Å². The van der Waals surface area contributed by atoms with Gasteiger partial charge in [-0.05, 0) is 47.2 Å². The predicted octanol–water partition coefficient (Wildman–Crippen LogP) is 4.57. The van der Waals surface area contributed by atoms with Crippen LogP contribution < -0.4 is 14.8 Å². The highest BCUT2D eigenvalue weighted by molar-refractivity contribution is 5.94. The Morgan fingerprint density at radius 2 is 1.74 bits per heavy atom. The zero-order chi connectivity index (χ0) is 20.0. The van der Waals surface area contributed by atoms with Crippen LogP contribution in [0.4, 0.5) is 8.78 Å². The molecule has 0 radical (unpaired) electrons. The fourth-order valence-corrected chi connectivity index (χ4v) is 2.60. The minimum atomic E-state index is -2.91. The number of carbonyl (C=O) groups excluding carboxylic acids is 1. The van der Waals surface area contributed by atoms with Crippen molar-refractivity contribution in [3.63, 3.8) is 0 Å². The molecule has 0 aliphatic carbocycles. The maximum Gasteiger partial charge on any atom is 0.387 e. The molecule has 2 rings (SSSR count). The van der Waals surface area contributed by atoms with E-state index >= 15 is 0 Å². The van der Waals surface area contributed by atoms with E-state index in [2.05, 4.69) is 30.8 Å². The van der Waals surface area contributed by atoms with E-state index in [9.17, 15) is 13.6 Å². The summed E-state index contributed by atoms with van der Waals surface area (Å²) in [6.07, 6.45) is 0.539. The summed E-state index contributed by atoms with van der Waals surface area (Å²) in [5, 5.41) is 2.86. The lowest BCUT2D eigenvalue weighted by Gasteiger charge is -2.19. The summed E-state index contributed by atoms with van der Waals surface area (Å²) < 4.78 is 34.2. The van der Waals surface area contributed by atoms with Gasteiger partial charge in [0.1, 0.15) is 0 Å². The van der Waals surface area contributed by atoms with Crippen LogP contribution in [0.1, 0.15) is 42.3 Å². The Balaban J connectivity index is 1.93. The first-order valence-corrected chi connectivity index (χ1v) is 8.71. The molecule has 6 heteroatoms. The van der Waals surface area contributed by atoms with E-state index in [1.165, 1.54) is 13.2 Å². The Bertz CT molecular complexity index is 768. The minimum absolute atomic E-state index is 0.0146. The zero-order valence-corrected chi connectivity index (χ0v) is 16.0. The number of carbonyl (C=O) groups is 1. The molecule has 0 aliphatic heterocycles. The van der Waals surface area contributed by atoms with Crippen molar-refractivity contribution < 1.29 is 23.0 Å². The lowest BCUT2D eigenvalue weighted by atomic mass is 9.87.